The molecule has 7 heteroatoms. The van der Waals surface area contributed by atoms with Gasteiger partial charge in [-0.25, -0.2) is 8.42 Å². The molecule has 0 radical (unpaired) electrons. The van der Waals surface area contributed by atoms with Crippen LogP contribution in [0.25, 0.3) is 0 Å². The van der Waals surface area contributed by atoms with Crippen LogP contribution in [0.5, 0.6) is 0 Å². The fourth-order valence-electron chi connectivity index (χ4n) is 3.87. The highest BCUT2D eigenvalue weighted by atomic mass is 32.2. The van der Waals surface area contributed by atoms with E-state index in [0.717, 1.165) is 24.8 Å². The van der Waals surface area contributed by atoms with Crippen molar-refractivity contribution < 1.29 is 17.9 Å². The third-order valence-electron chi connectivity index (χ3n) is 5.34. The van der Waals surface area contributed by atoms with Gasteiger partial charge < -0.3 is 10.1 Å². The Hall–Kier alpha value is -1.44. The van der Waals surface area contributed by atoms with Gasteiger partial charge in [-0.15, -0.1) is 0 Å². The average Bonchev–Trinajstić information content (AvgIpc) is 3.09. The molecule has 0 aromatic heterocycles. The summed E-state index contributed by atoms with van der Waals surface area (Å²) in [4.78, 5) is 12.7. The van der Waals surface area contributed by atoms with Gasteiger partial charge >= 0.3 is 0 Å². The van der Waals surface area contributed by atoms with Crippen molar-refractivity contribution >= 4 is 15.9 Å². The highest BCUT2D eigenvalue weighted by Gasteiger charge is 2.32. The molecule has 0 bridgehead atoms. The van der Waals surface area contributed by atoms with E-state index in [9.17, 15) is 13.2 Å². The summed E-state index contributed by atoms with van der Waals surface area (Å²) in [5, 5.41) is 2.93. The van der Waals surface area contributed by atoms with Crippen LogP contribution in [0.1, 0.15) is 37.3 Å². The maximum absolute atomic E-state index is 12.9. The summed E-state index contributed by atoms with van der Waals surface area (Å²) in [6.07, 6.45) is 4.20. The third-order valence-corrected chi connectivity index (χ3v) is 7.23. The van der Waals surface area contributed by atoms with Crippen LogP contribution in [0, 0.1) is 5.92 Å². The van der Waals surface area contributed by atoms with Crippen LogP contribution in [0.3, 0.4) is 0 Å². The van der Waals surface area contributed by atoms with Crippen molar-refractivity contribution in [2.45, 2.75) is 50.0 Å². The lowest BCUT2D eigenvalue weighted by Gasteiger charge is -2.31. The second-order valence-electron chi connectivity index (χ2n) is 7.33. The Labute approximate surface area is 156 Å². The van der Waals surface area contributed by atoms with Crippen LogP contribution in [-0.2, 0) is 32.4 Å². The van der Waals surface area contributed by atoms with Crippen molar-refractivity contribution in [1.82, 2.24) is 9.62 Å². The molecule has 1 N–H and O–H groups in total. The van der Waals surface area contributed by atoms with Gasteiger partial charge in [0, 0.05) is 32.2 Å². The lowest BCUT2D eigenvalue weighted by Crippen LogP contribution is -2.45. The molecule has 1 aliphatic heterocycles. The molecular formula is C19H28N2O4S. The third kappa shape index (κ3) is 4.10. The number of amides is 1. The number of piperidine rings is 1. The molecule has 144 valence electrons. The van der Waals surface area contributed by atoms with Gasteiger partial charge in [-0.1, -0.05) is 6.07 Å². The Kier molecular flexibility index (Phi) is 5.99. The molecule has 2 aliphatic rings. The second-order valence-corrected chi connectivity index (χ2v) is 9.27. The molecule has 26 heavy (non-hydrogen) atoms. The zero-order valence-electron chi connectivity index (χ0n) is 15.5. The zero-order chi connectivity index (χ0) is 18.7. The summed E-state index contributed by atoms with van der Waals surface area (Å²) in [6.45, 7) is 3.14. The highest BCUT2D eigenvalue weighted by molar-refractivity contribution is 7.89. The van der Waals surface area contributed by atoms with Gasteiger partial charge in [0.05, 0.1) is 11.5 Å². The zero-order valence-corrected chi connectivity index (χ0v) is 16.3. The van der Waals surface area contributed by atoms with E-state index >= 15 is 0 Å². The van der Waals surface area contributed by atoms with Crippen molar-refractivity contribution in [3.05, 3.63) is 29.3 Å². The topological polar surface area (TPSA) is 75.7 Å². The average molecular weight is 381 g/mol. The number of fused-ring (bicyclic) bond motifs is 1. The van der Waals surface area contributed by atoms with E-state index in [4.69, 9.17) is 4.74 Å². The number of nitrogens with zero attached hydrogens (tertiary/aromatic N) is 1. The van der Waals surface area contributed by atoms with Crippen LogP contribution in [-0.4, -0.2) is 51.5 Å². The number of carbonyl (C=O) groups is 1. The Balaban J connectivity index is 1.61. The minimum absolute atomic E-state index is 0.0101. The Morgan fingerprint density at radius 3 is 2.65 bits per heavy atom. The molecule has 3 rings (SSSR count). The van der Waals surface area contributed by atoms with Gasteiger partial charge in [0.25, 0.3) is 0 Å². The predicted molar refractivity (Wildman–Crippen MR) is 99.4 cm³/mol. The normalized spacial score (nSPS) is 19.9. The van der Waals surface area contributed by atoms with Gasteiger partial charge in [-0.05, 0) is 62.3 Å². The van der Waals surface area contributed by atoms with E-state index in [0.29, 0.717) is 37.4 Å². The minimum atomic E-state index is -3.48. The van der Waals surface area contributed by atoms with Crippen LogP contribution in [0.2, 0.25) is 0 Å². The smallest absolute Gasteiger partial charge is 0.243 e. The Bertz CT molecular complexity index is 755. The lowest BCUT2D eigenvalue weighted by molar-refractivity contribution is -0.127. The molecule has 1 saturated heterocycles. The van der Waals surface area contributed by atoms with Gasteiger partial charge in [0.15, 0.2) is 0 Å². The molecule has 1 amide bonds. The summed E-state index contributed by atoms with van der Waals surface area (Å²) < 4.78 is 32.4. The molecular weight excluding hydrogens is 352 g/mol. The first kappa shape index (κ1) is 19.3. The van der Waals surface area contributed by atoms with Gasteiger partial charge in [0.1, 0.15) is 0 Å². The van der Waals surface area contributed by atoms with Crippen LogP contribution in [0.4, 0.5) is 0 Å². The fourth-order valence-corrected chi connectivity index (χ4v) is 5.39. The number of hydrogen-bond donors (Lipinski definition) is 1. The number of benzene rings is 1. The summed E-state index contributed by atoms with van der Waals surface area (Å²) >= 11 is 0. The van der Waals surface area contributed by atoms with Crippen LogP contribution < -0.4 is 5.32 Å². The molecule has 0 spiro atoms. The number of hydrogen-bond acceptors (Lipinski definition) is 4. The molecule has 1 aromatic rings. The largest absolute Gasteiger partial charge is 0.383 e. The van der Waals surface area contributed by atoms with E-state index < -0.39 is 10.0 Å². The fraction of sp³-hybridized carbons (Fsp3) is 0.632. The maximum atomic E-state index is 12.9. The molecule has 1 heterocycles. The van der Waals surface area contributed by atoms with Crippen molar-refractivity contribution in [2.24, 2.45) is 5.92 Å². The van der Waals surface area contributed by atoms with Crippen LogP contribution in [0.15, 0.2) is 23.1 Å². The summed E-state index contributed by atoms with van der Waals surface area (Å²) in [7, 11) is -1.88. The monoisotopic (exact) mass is 380 g/mol. The van der Waals surface area contributed by atoms with Gasteiger partial charge in [0.2, 0.25) is 15.9 Å². The maximum Gasteiger partial charge on any atom is 0.243 e. The Morgan fingerprint density at radius 1 is 1.27 bits per heavy atom. The predicted octanol–water partition coefficient (Wildman–Crippen LogP) is 1.73. The van der Waals surface area contributed by atoms with E-state index in [1.54, 1.807) is 13.2 Å². The van der Waals surface area contributed by atoms with Gasteiger partial charge in [-0.2, -0.15) is 4.31 Å². The SMILES string of the molecule is COCC(C)NC(=O)C1CCN(S(=O)(=O)c2ccc3c(c2)CCC3)CC1. The molecule has 1 unspecified atom stereocenters. The first-order valence-electron chi connectivity index (χ1n) is 9.33. The molecule has 1 fully saturated rings. The lowest BCUT2D eigenvalue weighted by atomic mass is 9.97. The highest BCUT2D eigenvalue weighted by Crippen LogP contribution is 2.28. The van der Waals surface area contributed by atoms with Crippen molar-refractivity contribution in [1.29, 1.82) is 0 Å². The second kappa shape index (κ2) is 8.06. The minimum Gasteiger partial charge on any atom is -0.383 e. The Morgan fingerprint density at radius 2 is 1.96 bits per heavy atom. The van der Waals surface area contributed by atoms with E-state index in [-0.39, 0.29) is 17.9 Å². The number of ether oxygens (including phenoxy) is 1. The summed E-state index contributed by atoms with van der Waals surface area (Å²) in [6, 6.07) is 5.47. The standard InChI is InChI=1S/C19H28N2O4S/c1-14(13-25-2)20-19(22)16-8-10-21(11-9-16)26(23,24)18-7-6-15-4-3-5-17(15)12-18/h6-7,12,14,16H,3-5,8-11,13H2,1-2H3,(H,20,22). The molecule has 1 atom stereocenters. The molecule has 6 nitrogen and oxygen atoms in total. The summed E-state index contributed by atoms with van der Waals surface area (Å²) in [5.74, 6) is -0.148. The van der Waals surface area contributed by atoms with E-state index in [1.165, 1.54) is 9.87 Å². The number of sulfonamides is 1. The van der Waals surface area contributed by atoms with E-state index in [1.807, 2.05) is 19.1 Å². The number of aryl methyl sites for hydroxylation is 2. The van der Waals surface area contributed by atoms with Crippen LogP contribution >= 0.6 is 0 Å². The van der Waals surface area contributed by atoms with Gasteiger partial charge in [-0.3, -0.25) is 4.79 Å². The first-order chi connectivity index (χ1) is 12.4. The number of carbonyl (C=O) groups excluding carboxylic acids is 1. The molecule has 0 saturated carbocycles. The van der Waals surface area contributed by atoms with Crippen molar-refractivity contribution in [3.8, 4) is 0 Å². The molecule has 1 aliphatic carbocycles. The van der Waals surface area contributed by atoms with E-state index in [2.05, 4.69) is 5.32 Å². The van der Waals surface area contributed by atoms with Crippen molar-refractivity contribution in [2.75, 3.05) is 26.8 Å². The number of methoxy groups -OCH3 is 1. The first-order valence-corrected chi connectivity index (χ1v) is 10.8. The molecule has 1 aromatic carbocycles. The number of nitrogens with one attached hydrogen (secondary N) is 1. The summed E-state index contributed by atoms with van der Waals surface area (Å²) in [5.41, 5.74) is 2.43. The number of rotatable bonds is 6. The van der Waals surface area contributed by atoms with Crippen molar-refractivity contribution in [3.63, 3.8) is 0 Å². The quantitative estimate of drug-likeness (QED) is 0.815.